The van der Waals surface area contributed by atoms with Gasteiger partial charge in [0.05, 0.1) is 6.54 Å². The Morgan fingerprint density at radius 2 is 1.35 bits per heavy atom. The number of hydrogen-bond donors (Lipinski definition) is 0. The quantitative estimate of drug-likeness (QED) is 0.571. The molecule has 0 amide bonds. The van der Waals surface area contributed by atoms with Gasteiger partial charge in [-0.25, -0.2) is 0 Å². The molecule has 0 bridgehead atoms. The second-order valence-electron chi connectivity index (χ2n) is 5.32. The van der Waals surface area contributed by atoms with E-state index in [0.29, 0.717) is 18.0 Å². The highest BCUT2D eigenvalue weighted by Gasteiger charge is 2.09. The number of carbonyl (C=O) groups is 1. The van der Waals surface area contributed by atoms with Crippen LogP contribution in [0.15, 0.2) is 48.5 Å². The van der Waals surface area contributed by atoms with E-state index in [1.54, 1.807) is 24.3 Å². The van der Waals surface area contributed by atoms with Crippen molar-refractivity contribution in [3.05, 3.63) is 54.1 Å². The summed E-state index contributed by atoms with van der Waals surface area (Å²) in [4.78, 5) is 13.9. The molecule has 0 saturated heterocycles. The lowest BCUT2D eigenvalue weighted by Gasteiger charge is -2.16. The van der Waals surface area contributed by atoms with Crippen molar-refractivity contribution in [2.24, 2.45) is 0 Å². The molecule has 122 valence electrons. The fourth-order valence-corrected chi connectivity index (χ4v) is 2.11. The average Bonchev–Trinajstić information content (AvgIpc) is 2.56. The van der Waals surface area contributed by atoms with Gasteiger partial charge in [0.25, 0.3) is 0 Å². The normalized spacial score (nSPS) is 10.6. The molecular formula is C19H23NO3. The summed E-state index contributed by atoms with van der Waals surface area (Å²) in [6.07, 6.45) is 0. The predicted octanol–water partition coefficient (Wildman–Crippen LogP) is 4.03. The highest BCUT2D eigenvalue weighted by molar-refractivity contribution is 5.74. The third kappa shape index (κ3) is 5.42. The summed E-state index contributed by atoms with van der Waals surface area (Å²) in [7, 11) is 0. The lowest BCUT2D eigenvalue weighted by Crippen LogP contribution is -2.31. The summed E-state index contributed by atoms with van der Waals surface area (Å²) in [6.45, 7) is 8.03. The summed E-state index contributed by atoms with van der Waals surface area (Å²) in [5.74, 6) is 1.76. The van der Waals surface area contributed by atoms with Crippen molar-refractivity contribution in [3.8, 4) is 17.2 Å². The van der Waals surface area contributed by atoms with Crippen molar-refractivity contribution < 1.29 is 14.3 Å². The topological polar surface area (TPSA) is 38.8 Å². The molecule has 4 heteroatoms. The monoisotopic (exact) mass is 313 g/mol. The molecule has 0 aliphatic rings. The Labute approximate surface area is 137 Å². The minimum Gasteiger partial charge on any atom is -0.457 e. The number of carbonyl (C=O) groups excluding carboxylic acids is 1. The molecule has 0 aliphatic carbocycles. The van der Waals surface area contributed by atoms with Gasteiger partial charge in [0, 0.05) is 0 Å². The average molecular weight is 313 g/mol. The number of likely N-dealkylation sites (N-methyl/N-ethyl adjacent to an activating group) is 1. The van der Waals surface area contributed by atoms with Gasteiger partial charge in [-0.3, -0.25) is 9.69 Å². The zero-order chi connectivity index (χ0) is 16.7. The van der Waals surface area contributed by atoms with E-state index in [9.17, 15) is 4.79 Å². The molecule has 0 N–H and O–H groups in total. The highest BCUT2D eigenvalue weighted by atomic mass is 16.5. The van der Waals surface area contributed by atoms with E-state index in [-0.39, 0.29) is 5.97 Å². The van der Waals surface area contributed by atoms with Crippen LogP contribution >= 0.6 is 0 Å². The van der Waals surface area contributed by atoms with Gasteiger partial charge in [0.2, 0.25) is 0 Å². The number of hydrogen-bond acceptors (Lipinski definition) is 4. The van der Waals surface area contributed by atoms with Gasteiger partial charge >= 0.3 is 5.97 Å². The van der Waals surface area contributed by atoms with Gasteiger partial charge in [0.15, 0.2) is 0 Å². The Morgan fingerprint density at radius 1 is 0.870 bits per heavy atom. The molecule has 2 aromatic carbocycles. The van der Waals surface area contributed by atoms with Crippen molar-refractivity contribution in [2.75, 3.05) is 19.6 Å². The van der Waals surface area contributed by atoms with Gasteiger partial charge in [-0.05, 0) is 56.4 Å². The molecule has 0 spiro atoms. The number of ether oxygens (including phenoxy) is 2. The van der Waals surface area contributed by atoms with E-state index in [4.69, 9.17) is 9.47 Å². The van der Waals surface area contributed by atoms with Crippen molar-refractivity contribution >= 4 is 5.97 Å². The molecule has 4 nitrogen and oxygen atoms in total. The zero-order valence-corrected chi connectivity index (χ0v) is 13.9. The molecule has 2 aromatic rings. The first-order valence-electron chi connectivity index (χ1n) is 7.88. The molecule has 0 saturated carbocycles. The van der Waals surface area contributed by atoms with Gasteiger partial charge in [0.1, 0.15) is 17.2 Å². The maximum absolute atomic E-state index is 11.9. The molecule has 23 heavy (non-hydrogen) atoms. The van der Waals surface area contributed by atoms with E-state index in [2.05, 4.69) is 0 Å². The molecule has 0 radical (unpaired) electrons. The molecule has 2 rings (SSSR count). The van der Waals surface area contributed by atoms with Crippen LogP contribution in [0.25, 0.3) is 0 Å². The predicted molar refractivity (Wildman–Crippen MR) is 91.1 cm³/mol. The van der Waals surface area contributed by atoms with Gasteiger partial charge in [-0.2, -0.15) is 0 Å². The van der Waals surface area contributed by atoms with E-state index in [1.807, 2.05) is 49.9 Å². The first-order chi connectivity index (χ1) is 11.1. The lowest BCUT2D eigenvalue weighted by molar-refractivity contribution is -0.135. The fourth-order valence-electron chi connectivity index (χ4n) is 2.11. The van der Waals surface area contributed by atoms with Crippen LogP contribution in [-0.4, -0.2) is 30.5 Å². The third-order valence-corrected chi connectivity index (χ3v) is 3.56. The number of rotatable bonds is 7. The smallest absolute Gasteiger partial charge is 0.325 e. The van der Waals surface area contributed by atoms with Gasteiger partial charge in [-0.1, -0.05) is 31.5 Å². The van der Waals surface area contributed by atoms with E-state index in [1.165, 1.54) is 5.56 Å². The van der Waals surface area contributed by atoms with E-state index >= 15 is 0 Å². The summed E-state index contributed by atoms with van der Waals surface area (Å²) in [5, 5.41) is 0. The van der Waals surface area contributed by atoms with Crippen LogP contribution in [-0.2, 0) is 4.79 Å². The Bertz CT molecular complexity index is 616. The Morgan fingerprint density at radius 3 is 1.87 bits per heavy atom. The lowest BCUT2D eigenvalue weighted by atomic mass is 10.2. The van der Waals surface area contributed by atoms with Gasteiger partial charge in [-0.15, -0.1) is 0 Å². The fraction of sp³-hybridized carbons (Fsp3) is 0.316. The van der Waals surface area contributed by atoms with Crippen LogP contribution in [0.5, 0.6) is 17.2 Å². The summed E-state index contributed by atoms with van der Waals surface area (Å²) in [6, 6.07) is 14.9. The van der Waals surface area contributed by atoms with Crippen LogP contribution < -0.4 is 9.47 Å². The van der Waals surface area contributed by atoms with Crippen molar-refractivity contribution in [2.45, 2.75) is 20.8 Å². The number of aryl methyl sites for hydroxylation is 1. The highest BCUT2D eigenvalue weighted by Crippen LogP contribution is 2.24. The first-order valence-corrected chi connectivity index (χ1v) is 7.88. The molecular weight excluding hydrogens is 290 g/mol. The minimum absolute atomic E-state index is 0.249. The standard InChI is InChI=1S/C19H23NO3/c1-4-20(5-2)14-19(21)23-18-12-10-17(11-13-18)22-16-8-6-15(3)7-9-16/h6-13H,4-5,14H2,1-3H3. The van der Waals surface area contributed by atoms with E-state index in [0.717, 1.165) is 18.8 Å². The van der Waals surface area contributed by atoms with Crippen molar-refractivity contribution in [1.82, 2.24) is 4.90 Å². The van der Waals surface area contributed by atoms with Crippen LogP contribution in [0.1, 0.15) is 19.4 Å². The Balaban J connectivity index is 1.91. The van der Waals surface area contributed by atoms with Crippen molar-refractivity contribution in [1.29, 1.82) is 0 Å². The second kappa shape index (κ2) is 8.34. The number of esters is 1. The molecule has 0 atom stereocenters. The maximum Gasteiger partial charge on any atom is 0.325 e. The first kappa shape index (κ1) is 17.0. The largest absolute Gasteiger partial charge is 0.457 e. The zero-order valence-electron chi connectivity index (χ0n) is 13.9. The van der Waals surface area contributed by atoms with Crippen LogP contribution in [0.4, 0.5) is 0 Å². The van der Waals surface area contributed by atoms with Crippen LogP contribution in [0.3, 0.4) is 0 Å². The number of nitrogens with zero attached hydrogens (tertiary/aromatic N) is 1. The summed E-state index contributed by atoms with van der Waals surface area (Å²) in [5.41, 5.74) is 1.19. The molecule has 0 fully saturated rings. The third-order valence-electron chi connectivity index (χ3n) is 3.56. The molecule has 0 unspecified atom stereocenters. The summed E-state index contributed by atoms with van der Waals surface area (Å²) < 4.78 is 11.1. The van der Waals surface area contributed by atoms with Crippen LogP contribution in [0.2, 0.25) is 0 Å². The number of benzene rings is 2. The van der Waals surface area contributed by atoms with Crippen molar-refractivity contribution in [3.63, 3.8) is 0 Å². The van der Waals surface area contributed by atoms with Crippen LogP contribution in [0, 0.1) is 6.92 Å². The second-order valence-corrected chi connectivity index (χ2v) is 5.32. The van der Waals surface area contributed by atoms with Gasteiger partial charge < -0.3 is 9.47 Å². The Kier molecular flexibility index (Phi) is 6.18. The maximum atomic E-state index is 11.9. The minimum atomic E-state index is -0.249. The Hall–Kier alpha value is -2.33. The molecule has 0 heterocycles. The summed E-state index contributed by atoms with van der Waals surface area (Å²) >= 11 is 0. The van der Waals surface area contributed by atoms with E-state index < -0.39 is 0 Å². The molecule has 0 aliphatic heterocycles. The SMILES string of the molecule is CCN(CC)CC(=O)Oc1ccc(Oc2ccc(C)cc2)cc1. The molecule has 0 aromatic heterocycles.